The number of H-pyrrole nitrogens is 2. The quantitative estimate of drug-likeness (QED) is 0.118. The minimum atomic E-state index is -0.314. The highest BCUT2D eigenvalue weighted by Crippen LogP contribution is 2.29. The van der Waals surface area contributed by atoms with Crippen LogP contribution < -0.4 is 10.6 Å². The van der Waals surface area contributed by atoms with Crippen molar-refractivity contribution < 1.29 is 4.39 Å². The van der Waals surface area contributed by atoms with Crippen LogP contribution in [0.15, 0.2) is 124 Å². The second kappa shape index (κ2) is 15.2. The molecule has 282 valence electrons. The van der Waals surface area contributed by atoms with Crippen LogP contribution in [0.1, 0.15) is 22.8 Å². The van der Waals surface area contributed by atoms with Crippen LogP contribution in [0.25, 0.3) is 55.9 Å². The fourth-order valence-electron chi connectivity index (χ4n) is 6.66. The highest BCUT2D eigenvalue weighted by atomic mass is 79.9. The number of rotatable bonds is 8. The van der Waals surface area contributed by atoms with Gasteiger partial charge in [0.25, 0.3) is 0 Å². The molecule has 0 saturated carbocycles. The van der Waals surface area contributed by atoms with Crippen LogP contribution in [-0.4, -0.2) is 49.1 Å². The number of hydrogen-bond acceptors (Lipinski definition) is 8. The zero-order valence-corrected chi connectivity index (χ0v) is 33.8. The molecule has 57 heavy (non-hydrogen) atoms. The molecule has 0 fully saturated rings. The molecule has 10 aromatic rings. The molecule has 15 heteroatoms. The fourth-order valence-corrected chi connectivity index (χ4v) is 7.36. The molecule has 0 spiro atoms. The number of aromatic amines is 2. The van der Waals surface area contributed by atoms with Gasteiger partial charge in [-0.3, -0.25) is 0 Å². The van der Waals surface area contributed by atoms with E-state index >= 15 is 0 Å². The number of nitrogens with zero attached hydrogens (tertiary/aromatic N) is 8. The van der Waals surface area contributed by atoms with Crippen LogP contribution in [0, 0.1) is 19.7 Å². The number of aromatic nitrogens is 10. The molecule has 0 aliphatic rings. The van der Waals surface area contributed by atoms with Crippen molar-refractivity contribution in [3.63, 3.8) is 0 Å². The van der Waals surface area contributed by atoms with E-state index in [4.69, 9.17) is 4.98 Å². The first-order chi connectivity index (χ1) is 27.8. The van der Waals surface area contributed by atoms with Crippen molar-refractivity contribution in [2.24, 2.45) is 0 Å². The molecule has 0 aliphatic carbocycles. The molecule has 4 aromatic carbocycles. The first-order valence-electron chi connectivity index (χ1n) is 18.0. The Morgan fingerprint density at radius 3 is 1.67 bits per heavy atom. The van der Waals surface area contributed by atoms with E-state index in [9.17, 15) is 4.39 Å². The van der Waals surface area contributed by atoms with Crippen molar-refractivity contribution in [1.29, 1.82) is 0 Å². The lowest BCUT2D eigenvalue weighted by Gasteiger charge is -2.11. The van der Waals surface area contributed by atoms with Gasteiger partial charge in [-0.2, -0.15) is 19.2 Å². The van der Waals surface area contributed by atoms with E-state index in [0.29, 0.717) is 30.0 Å². The summed E-state index contributed by atoms with van der Waals surface area (Å²) in [7, 11) is 0. The minimum absolute atomic E-state index is 0.314. The Morgan fingerprint density at radius 1 is 0.596 bits per heavy atom. The third-order valence-electron chi connectivity index (χ3n) is 9.35. The summed E-state index contributed by atoms with van der Waals surface area (Å²) in [4.78, 5) is 24.8. The van der Waals surface area contributed by atoms with Gasteiger partial charge in [-0.05, 0) is 93.2 Å². The van der Waals surface area contributed by atoms with E-state index in [0.717, 1.165) is 82.3 Å². The molecule has 0 bridgehead atoms. The molecule has 6 heterocycles. The van der Waals surface area contributed by atoms with Gasteiger partial charge in [0.1, 0.15) is 29.1 Å². The predicted molar refractivity (Wildman–Crippen MR) is 229 cm³/mol. The third kappa shape index (κ3) is 7.46. The van der Waals surface area contributed by atoms with Gasteiger partial charge < -0.3 is 20.6 Å². The molecule has 0 unspecified atom stereocenters. The van der Waals surface area contributed by atoms with Crippen molar-refractivity contribution in [2.75, 3.05) is 10.6 Å². The summed E-state index contributed by atoms with van der Waals surface area (Å²) in [5.41, 5.74) is 10.6. The van der Waals surface area contributed by atoms with Crippen LogP contribution in [-0.2, 0) is 13.1 Å². The molecule has 0 aliphatic heterocycles. The largest absolute Gasteiger partial charge is 0.366 e. The molecule has 0 saturated heterocycles. The lowest BCUT2D eigenvalue weighted by molar-refractivity contribution is 0.630. The van der Waals surface area contributed by atoms with Crippen LogP contribution >= 0.6 is 31.9 Å². The molecule has 0 atom stereocenters. The van der Waals surface area contributed by atoms with Gasteiger partial charge in [0.2, 0.25) is 0 Å². The van der Waals surface area contributed by atoms with Gasteiger partial charge in [-0.1, -0.05) is 54.6 Å². The lowest BCUT2D eigenvalue weighted by Crippen LogP contribution is -2.07. The predicted octanol–water partition coefficient (Wildman–Crippen LogP) is 10.1. The average Bonchev–Trinajstić information content (AvgIpc) is 4.00. The summed E-state index contributed by atoms with van der Waals surface area (Å²) in [6, 6.07) is 32.9. The molecule has 6 aromatic heterocycles. The molecule has 12 nitrogen and oxygen atoms in total. The van der Waals surface area contributed by atoms with Gasteiger partial charge in [-0.25, -0.2) is 24.3 Å². The maximum atomic E-state index is 14.3. The van der Waals surface area contributed by atoms with Gasteiger partial charge >= 0.3 is 0 Å². The summed E-state index contributed by atoms with van der Waals surface area (Å²) in [6.07, 6.45) is 3.44. The third-order valence-corrected chi connectivity index (χ3v) is 10.5. The Morgan fingerprint density at radius 2 is 1.11 bits per heavy atom. The number of fused-ring (bicyclic) bond motifs is 4. The number of hydrogen-bond donors (Lipinski definition) is 4. The Hall–Kier alpha value is -6.45. The summed E-state index contributed by atoms with van der Waals surface area (Å²) in [6.45, 7) is 5.14. The molecule has 0 amide bonds. The van der Waals surface area contributed by atoms with Crippen molar-refractivity contribution in [3.05, 3.63) is 153 Å². The fraction of sp³-hybridized carbons (Fsp3) is 0.0952. The Bertz CT molecular complexity index is 3060. The van der Waals surface area contributed by atoms with Gasteiger partial charge in [0, 0.05) is 36.3 Å². The zero-order valence-electron chi connectivity index (χ0n) is 30.6. The average molecular weight is 885 g/mol. The van der Waals surface area contributed by atoms with E-state index in [1.165, 1.54) is 6.07 Å². The Balaban J connectivity index is 0.000000148. The van der Waals surface area contributed by atoms with Gasteiger partial charge in [-0.15, -0.1) is 0 Å². The van der Waals surface area contributed by atoms with Gasteiger partial charge in [0.05, 0.1) is 54.8 Å². The molecule has 0 radical (unpaired) electrons. The maximum Gasteiger partial charge on any atom is 0.172 e. The van der Waals surface area contributed by atoms with Crippen LogP contribution in [0.3, 0.4) is 0 Å². The molecular formula is C42H33Br2FN12. The Kier molecular flexibility index (Phi) is 9.68. The van der Waals surface area contributed by atoms with E-state index in [1.807, 2.05) is 66.9 Å². The van der Waals surface area contributed by atoms with Crippen LogP contribution in [0.4, 0.5) is 16.0 Å². The normalized spacial score (nSPS) is 11.4. The summed E-state index contributed by atoms with van der Waals surface area (Å²) < 4.78 is 19.5. The standard InChI is InChI=1S/C21H16BrFN6.C21H17BrN6/c1-12-26-17-7-6-13(8-19(17)27-12)10-24-20-9-18(14-4-2-3-5-16(14)23)28-21-15(22)11-25-29(20)21;1-13-25-17-8-7-14(9-19(17)26-13)11-23-20-10-18(15-5-3-2-4-6-15)27-21-16(22)12-24-28(20)21/h2-9,11,24H,10H2,1H3,(H,26,27);2-10,12,23H,11H2,1H3,(H,25,26). The van der Waals surface area contributed by atoms with E-state index in [2.05, 4.69) is 108 Å². The lowest BCUT2D eigenvalue weighted by atomic mass is 10.1. The summed E-state index contributed by atoms with van der Waals surface area (Å²) in [5.74, 6) is 3.10. The highest BCUT2D eigenvalue weighted by molar-refractivity contribution is 9.11. The smallest absolute Gasteiger partial charge is 0.172 e. The maximum absolute atomic E-state index is 14.3. The molecule has 4 N–H and O–H groups in total. The van der Waals surface area contributed by atoms with E-state index < -0.39 is 0 Å². The monoisotopic (exact) mass is 882 g/mol. The van der Waals surface area contributed by atoms with Crippen molar-refractivity contribution in [3.8, 4) is 22.5 Å². The van der Waals surface area contributed by atoms with Crippen molar-refractivity contribution in [2.45, 2.75) is 26.9 Å². The Labute approximate surface area is 341 Å². The number of imidazole rings is 2. The van der Waals surface area contributed by atoms with Crippen LogP contribution in [0.2, 0.25) is 0 Å². The summed E-state index contributed by atoms with van der Waals surface area (Å²) >= 11 is 7.02. The number of nitrogens with one attached hydrogen (secondary N) is 4. The number of halogens is 3. The van der Waals surface area contributed by atoms with Crippen molar-refractivity contribution in [1.82, 2.24) is 49.1 Å². The number of anilines is 2. The summed E-state index contributed by atoms with van der Waals surface area (Å²) in [5, 5.41) is 15.7. The van der Waals surface area contributed by atoms with E-state index in [-0.39, 0.29) is 5.82 Å². The number of aryl methyl sites for hydroxylation is 2. The SMILES string of the molecule is Cc1nc2ccc(CNc3cc(-c4ccccc4)nc4c(Br)cnn34)cc2[nH]1.Cc1nc2ccc(CNc3cc(-c4ccccc4F)nc4c(Br)cnn34)cc2[nH]1. The number of benzene rings is 4. The van der Waals surface area contributed by atoms with Crippen molar-refractivity contribution >= 4 is 76.9 Å². The first-order valence-corrected chi connectivity index (χ1v) is 19.6. The molecule has 10 rings (SSSR count). The topological polar surface area (TPSA) is 142 Å². The highest BCUT2D eigenvalue weighted by Gasteiger charge is 2.15. The second-order valence-electron chi connectivity index (χ2n) is 13.4. The second-order valence-corrected chi connectivity index (χ2v) is 15.1. The van der Waals surface area contributed by atoms with Gasteiger partial charge in [0.15, 0.2) is 11.3 Å². The first kappa shape index (κ1) is 36.2. The van der Waals surface area contributed by atoms with E-state index in [1.54, 1.807) is 35.1 Å². The van der Waals surface area contributed by atoms with Crippen LogP contribution in [0.5, 0.6) is 0 Å². The molecular weight excluding hydrogens is 851 g/mol. The zero-order chi connectivity index (χ0) is 39.0. The minimum Gasteiger partial charge on any atom is -0.366 e.